The first-order chi connectivity index (χ1) is 7.16. The molecule has 0 aromatic carbocycles. The first-order valence-corrected chi connectivity index (χ1v) is 5.43. The van der Waals surface area contributed by atoms with Crippen LogP contribution < -0.4 is 0 Å². The first-order valence-electron chi connectivity index (χ1n) is 4.55. The van der Waals surface area contributed by atoms with Crippen LogP contribution in [0.4, 0.5) is 0 Å². The van der Waals surface area contributed by atoms with Gasteiger partial charge in [0.1, 0.15) is 0 Å². The number of thiophene rings is 1. The Morgan fingerprint density at radius 2 is 1.93 bits per heavy atom. The van der Waals surface area contributed by atoms with Gasteiger partial charge in [-0.3, -0.25) is 4.79 Å². The van der Waals surface area contributed by atoms with Crippen LogP contribution in [0.2, 0.25) is 0 Å². The fraction of sp³-hybridized carbons (Fsp3) is 0.182. The third-order valence-corrected chi connectivity index (χ3v) is 2.84. The molecule has 0 saturated heterocycles. The Morgan fingerprint density at radius 1 is 1.27 bits per heavy atom. The van der Waals surface area contributed by atoms with Crippen molar-refractivity contribution in [2.45, 2.75) is 13.8 Å². The molecule has 0 aliphatic carbocycles. The molecule has 0 radical (unpaired) electrons. The first kappa shape index (κ1) is 9.98. The molecule has 15 heavy (non-hydrogen) atoms. The van der Waals surface area contributed by atoms with Crippen LogP contribution in [0.25, 0.3) is 0 Å². The van der Waals surface area contributed by atoms with Gasteiger partial charge >= 0.3 is 0 Å². The standard InChI is InChI=1S/C11H10N2OS/c1-7-4-12-11(13-5-7)10(14)9-3-8(2)15-6-9/h3-6H,1-2H3. The maximum absolute atomic E-state index is 11.9. The molecule has 0 saturated carbocycles. The maximum Gasteiger partial charge on any atom is 0.231 e. The molecular weight excluding hydrogens is 208 g/mol. The van der Waals surface area contributed by atoms with E-state index < -0.39 is 0 Å². The third-order valence-electron chi connectivity index (χ3n) is 1.98. The van der Waals surface area contributed by atoms with Gasteiger partial charge in [0.2, 0.25) is 11.6 Å². The number of hydrogen-bond acceptors (Lipinski definition) is 4. The summed E-state index contributed by atoms with van der Waals surface area (Å²) < 4.78 is 0. The minimum Gasteiger partial charge on any atom is -0.285 e. The smallest absolute Gasteiger partial charge is 0.231 e. The monoisotopic (exact) mass is 218 g/mol. The van der Waals surface area contributed by atoms with E-state index in [2.05, 4.69) is 9.97 Å². The largest absolute Gasteiger partial charge is 0.285 e. The van der Waals surface area contributed by atoms with Crippen molar-refractivity contribution >= 4 is 17.1 Å². The zero-order chi connectivity index (χ0) is 10.8. The molecule has 0 fully saturated rings. The van der Waals surface area contributed by atoms with Crippen molar-refractivity contribution in [1.82, 2.24) is 9.97 Å². The number of carbonyl (C=O) groups excluding carboxylic acids is 1. The van der Waals surface area contributed by atoms with Crippen molar-refractivity contribution in [1.29, 1.82) is 0 Å². The van der Waals surface area contributed by atoms with Crippen LogP contribution in [0.3, 0.4) is 0 Å². The number of aryl methyl sites for hydroxylation is 2. The van der Waals surface area contributed by atoms with E-state index in [1.165, 1.54) is 0 Å². The van der Waals surface area contributed by atoms with Crippen LogP contribution in [-0.4, -0.2) is 15.8 Å². The lowest BCUT2D eigenvalue weighted by Gasteiger charge is -1.96. The summed E-state index contributed by atoms with van der Waals surface area (Å²) in [4.78, 5) is 21.0. The summed E-state index contributed by atoms with van der Waals surface area (Å²) in [6.45, 7) is 3.86. The third kappa shape index (κ3) is 2.10. The molecule has 0 amide bonds. The van der Waals surface area contributed by atoms with Gasteiger partial charge in [-0.2, -0.15) is 0 Å². The topological polar surface area (TPSA) is 42.9 Å². The van der Waals surface area contributed by atoms with Crippen molar-refractivity contribution in [2.75, 3.05) is 0 Å². The van der Waals surface area contributed by atoms with Crippen LogP contribution in [-0.2, 0) is 0 Å². The van der Waals surface area contributed by atoms with Gasteiger partial charge in [0.05, 0.1) is 0 Å². The summed E-state index contributed by atoms with van der Waals surface area (Å²) >= 11 is 1.55. The second kappa shape index (κ2) is 3.90. The second-order valence-electron chi connectivity index (χ2n) is 3.36. The number of hydrogen-bond donors (Lipinski definition) is 0. The molecule has 0 aliphatic rings. The van der Waals surface area contributed by atoms with E-state index in [4.69, 9.17) is 0 Å². The highest BCUT2D eigenvalue weighted by Crippen LogP contribution is 2.15. The molecule has 2 aromatic rings. The fourth-order valence-electron chi connectivity index (χ4n) is 1.20. The maximum atomic E-state index is 11.9. The molecule has 2 heterocycles. The lowest BCUT2D eigenvalue weighted by molar-refractivity contribution is 0.102. The van der Waals surface area contributed by atoms with E-state index in [0.717, 1.165) is 10.4 Å². The number of carbonyl (C=O) groups is 1. The highest BCUT2D eigenvalue weighted by atomic mass is 32.1. The predicted octanol–water partition coefficient (Wildman–Crippen LogP) is 2.39. The fourth-order valence-corrected chi connectivity index (χ4v) is 1.88. The summed E-state index contributed by atoms with van der Waals surface area (Å²) in [6.07, 6.45) is 3.30. The normalized spacial score (nSPS) is 10.3. The summed E-state index contributed by atoms with van der Waals surface area (Å²) in [7, 11) is 0. The van der Waals surface area contributed by atoms with Gasteiger partial charge < -0.3 is 0 Å². The van der Waals surface area contributed by atoms with Gasteiger partial charge in [0.15, 0.2) is 0 Å². The van der Waals surface area contributed by atoms with Crippen LogP contribution in [0.15, 0.2) is 23.8 Å². The Balaban J connectivity index is 2.32. The molecule has 0 unspecified atom stereocenters. The molecule has 0 atom stereocenters. The average Bonchev–Trinajstić information content (AvgIpc) is 2.65. The lowest BCUT2D eigenvalue weighted by atomic mass is 10.2. The molecule has 2 aromatic heterocycles. The van der Waals surface area contributed by atoms with Gasteiger partial charge in [0.25, 0.3) is 0 Å². The number of ketones is 1. The summed E-state index contributed by atoms with van der Waals surface area (Å²) in [5, 5.41) is 1.83. The van der Waals surface area contributed by atoms with E-state index in [1.54, 1.807) is 23.7 Å². The van der Waals surface area contributed by atoms with Gasteiger partial charge in [-0.15, -0.1) is 11.3 Å². The van der Waals surface area contributed by atoms with Crippen LogP contribution in [0, 0.1) is 13.8 Å². The molecule has 76 valence electrons. The van der Waals surface area contributed by atoms with Crippen molar-refractivity contribution in [2.24, 2.45) is 0 Å². The minimum absolute atomic E-state index is 0.112. The van der Waals surface area contributed by atoms with Gasteiger partial charge in [-0.05, 0) is 25.5 Å². The van der Waals surface area contributed by atoms with Crippen molar-refractivity contribution in [3.8, 4) is 0 Å². The van der Waals surface area contributed by atoms with Crippen LogP contribution in [0.1, 0.15) is 26.6 Å². The van der Waals surface area contributed by atoms with Crippen LogP contribution in [0.5, 0.6) is 0 Å². The predicted molar refractivity (Wildman–Crippen MR) is 59.3 cm³/mol. The summed E-state index contributed by atoms with van der Waals surface area (Å²) in [6, 6.07) is 1.86. The Bertz CT molecular complexity index is 488. The Kier molecular flexibility index (Phi) is 2.60. The second-order valence-corrected chi connectivity index (χ2v) is 4.47. The molecular formula is C11H10N2OS. The number of aromatic nitrogens is 2. The molecule has 4 heteroatoms. The summed E-state index contributed by atoms with van der Waals surface area (Å²) in [5.41, 5.74) is 1.62. The zero-order valence-corrected chi connectivity index (χ0v) is 9.34. The van der Waals surface area contributed by atoms with Crippen LogP contribution >= 0.6 is 11.3 Å². The Hall–Kier alpha value is -1.55. The molecule has 2 rings (SSSR count). The van der Waals surface area contributed by atoms with Crippen molar-refractivity contribution < 1.29 is 4.79 Å². The van der Waals surface area contributed by atoms with Gasteiger partial charge in [0, 0.05) is 28.2 Å². The molecule has 0 bridgehead atoms. The highest BCUT2D eigenvalue weighted by Gasteiger charge is 2.12. The summed E-state index contributed by atoms with van der Waals surface area (Å²) in [5.74, 6) is 0.151. The van der Waals surface area contributed by atoms with E-state index >= 15 is 0 Å². The van der Waals surface area contributed by atoms with Gasteiger partial charge in [-0.1, -0.05) is 0 Å². The number of nitrogens with zero attached hydrogens (tertiary/aromatic N) is 2. The molecule has 3 nitrogen and oxygen atoms in total. The Labute approximate surface area is 91.8 Å². The quantitative estimate of drug-likeness (QED) is 0.727. The molecule has 0 aliphatic heterocycles. The van der Waals surface area contributed by atoms with Gasteiger partial charge in [-0.25, -0.2) is 9.97 Å². The molecule has 0 N–H and O–H groups in total. The number of rotatable bonds is 2. The highest BCUT2D eigenvalue weighted by molar-refractivity contribution is 7.10. The zero-order valence-electron chi connectivity index (χ0n) is 8.52. The Morgan fingerprint density at radius 3 is 2.47 bits per heavy atom. The van der Waals surface area contributed by atoms with E-state index in [-0.39, 0.29) is 11.6 Å². The van der Waals surface area contributed by atoms with Crippen molar-refractivity contribution in [3.05, 3.63) is 45.7 Å². The minimum atomic E-state index is -0.112. The lowest BCUT2D eigenvalue weighted by Crippen LogP contribution is -2.05. The van der Waals surface area contributed by atoms with E-state index in [9.17, 15) is 4.79 Å². The molecule has 0 spiro atoms. The van der Waals surface area contributed by atoms with E-state index in [1.807, 2.05) is 25.3 Å². The van der Waals surface area contributed by atoms with E-state index in [0.29, 0.717) is 5.56 Å². The SMILES string of the molecule is Cc1cnc(C(=O)c2csc(C)c2)nc1. The van der Waals surface area contributed by atoms with Crippen molar-refractivity contribution in [3.63, 3.8) is 0 Å². The average molecular weight is 218 g/mol.